The Bertz CT molecular complexity index is 1100. The maximum absolute atomic E-state index is 12.7. The molecule has 0 spiro atoms. The fraction of sp³-hybridized carbons (Fsp3) is 0.320. The van der Waals surface area contributed by atoms with Gasteiger partial charge in [-0.25, -0.2) is 0 Å². The van der Waals surface area contributed by atoms with Gasteiger partial charge in [-0.15, -0.1) is 0 Å². The predicted octanol–water partition coefficient (Wildman–Crippen LogP) is 3.67. The molecule has 1 amide bonds. The first-order valence-corrected chi connectivity index (χ1v) is 10.9. The van der Waals surface area contributed by atoms with Crippen LogP contribution in [-0.4, -0.2) is 66.2 Å². The quantitative estimate of drug-likeness (QED) is 0.510. The average molecular weight is 449 g/mol. The predicted molar refractivity (Wildman–Crippen MR) is 125 cm³/mol. The van der Waals surface area contributed by atoms with Crippen molar-refractivity contribution in [2.24, 2.45) is 0 Å². The second-order valence-corrected chi connectivity index (χ2v) is 7.81. The highest BCUT2D eigenvalue weighted by Gasteiger charge is 2.27. The zero-order chi connectivity index (χ0) is 23.2. The van der Waals surface area contributed by atoms with E-state index < -0.39 is 0 Å². The molecule has 0 bridgehead atoms. The first-order chi connectivity index (χ1) is 16.1. The Morgan fingerprint density at radius 1 is 1.03 bits per heavy atom. The van der Waals surface area contributed by atoms with Crippen molar-refractivity contribution in [1.29, 1.82) is 0 Å². The molecule has 33 heavy (non-hydrogen) atoms. The molecule has 1 atom stereocenters. The number of rotatable bonds is 7. The van der Waals surface area contributed by atoms with E-state index in [0.717, 1.165) is 24.2 Å². The van der Waals surface area contributed by atoms with Crippen LogP contribution in [0.1, 0.15) is 24.4 Å². The Morgan fingerprint density at radius 3 is 2.45 bits per heavy atom. The third-order valence-electron chi connectivity index (χ3n) is 5.83. The average Bonchev–Trinajstić information content (AvgIpc) is 3.37. The highest BCUT2D eigenvalue weighted by molar-refractivity contribution is 5.92. The molecule has 4 rings (SSSR count). The van der Waals surface area contributed by atoms with E-state index in [4.69, 9.17) is 14.0 Å². The molecule has 1 fully saturated rings. The lowest BCUT2D eigenvalue weighted by Crippen LogP contribution is -2.48. The smallest absolute Gasteiger partial charge is 0.246 e. The number of ether oxygens (including phenoxy) is 2. The largest absolute Gasteiger partial charge is 0.493 e. The second kappa shape index (κ2) is 10.3. The molecule has 0 aliphatic carbocycles. The van der Waals surface area contributed by atoms with E-state index in [1.54, 1.807) is 26.4 Å². The number of methoxy groups -OCH3 is 2. The molecule has 0 radical (unpaired) electrons. The number of carbonyl (C=O) groups excluding carboxylic acids is 1. The highest BCUT2D eigenvalue weighted by atomic mass is 16.5. The second-order valence-electron chi connectivity index (χ2n) is 7.81. The maximum atomic E-state index is 12.7. The molecule has 0 saturated carbocycles. The van der Waals surface area contributed by atoms with E-state index in [2.05, 4.69) is 22.0 Å². The molecule has 1 aromatic heterocycles. The van der Waals surface area contributed by atoms with Crippen molar-refractivity contribution in [3.63, 3.8) is 0 Å². The van der Waals surface area contributed by atoms with Crippen molar-refractivity contribution in [3.8, 4) is 22.9 Å². The summed E-state index contributed by atoms with van der Waals surface area (Å²) in [6.07, 6.45) is 3.40. The van der Waals surface area contributed by atoms with Gasteiger partial charge in [0, 0.05) is 37.8 Å². The Hall–Kier alpha value is -3.65. The molecule has 172 valence electrons. The van der Waals surface area contributed by atoms with Gasteiger partial charge in [0.25, 0.3) is 0 Å². The molecule has 1 saturated heterocycles. The van der Waals surface area contributed by atoms with Gasteiger partial charge in [0.15, 0.2) is 11.5 Å². The van der Waals surface area contributed by atoms with Crippen LogP contribution in [0.15, 0.2) is 59.1 Å². The number of amides is 1. The van der Waals surface area contributed by atoms with Crippen LogP contribution < -0.4 is 9.47 Å². The lowest BCUT2D eigenvalue weighted by atomic mass is 10.1. The summed E-state index contributed by atoms with van der Waals surface area (Å²) < 4.78 is 16.1. The van der Waals surface area contributed by atoms with Gasteiger partial charge < -0.3 is 18.9 Å². The number of hydrogen-bond donors (Lipinski definition) is 0. The van der Waals surface area contributed by atoms with E-state index in [9.17, 15) is 4.79 Å². The maximum Gasteiger partial charge on any atom is 0.246 e. The van der Waals surface area contributed by atoms with Gasteiger partial charge in [0.05, 0.1) is 20.3 Å². The number of piperazine rings is 1. The summed E-state index contributed by atoms with van der Waals surface area (Å²) in [6.45, 7) is 4.80. The van der Waals surface area contributed by atoms with Crippen molar-refractivity contribution in [1.82, 2.24) is 19.9 Å². The third-order valence-corrected chi connectivity index (χ3v) is 5.83. The minimum absolute atomic E-state index is 0.0127. The molecule has 1 aliphatic heterocycles. The van der Waals surface area contributed by atoms with Gasteiger partial charge in [0.1, 0.15) is 0 Å². The van der Waals surface area contributed by atoms with E-state index >= 15 is 0 Å². The Balaban J connectivity index is 1.32. The lowest BCUT2D eigenvalue weighted by molar-refractivity contribution is -0.128. The molecule has 1 unspecified atom stereocenters. The fourth-order valence-electron chi connectivity index (χ4n) is 3.82. The number of hydrogen-bond acceptors (Lipinski definition) is 7. The molecule has 8 heteroatoms. The van der Waals surface area contributed by atoms with Gasteiger partial charge in [-0.05, 0) is 30.7 Å². The van der Waals surface area contributed by atoms with Crippen LogP contribution in [0.5, 0.6) is 11.5 Å². The van der Waals surface area contributed by atoms with Crippen LogP contribution in [0.4, 0.5) is 0 Å². The lowest BCUT2D eigenvalue weighted by Gasteiger charge is -2.36. The van der Waals surface area contributed by atoms with E-state index in [-0.39, 0.29) is 11.9 Å². The third kappa shape index (κ3) is 5.23. The summed E-state index contributed by atoms with van der Waals surface area (Å²) in [7, 11) is 3.19. The summed E-state index contributed by atoms with van der Waals surface area (Å²) in [5.74, 6) is 2.45. The molecule has 1 aliphatic rings. The number of aromatic nitrogens is 2. The fourth-order valence-corrected chi connectivity index (χ4v) is 3.82. The van der Waals surface area contributed by atoms with E-state index in [1.165, 1.54) is 0 Å². The number of nitrogens with zero attached hydrogens (tertiary/aromatic N) is 4. The summed E-state index contributed by atoms with van der Waals surface area (Å²) >= 11 is 0. The highest BCUT2D eigenvalue weighted by Crippen LogP contribution is 2.28. The summed E-state index contributed by atoms with van der Waals surface area (Å²) in [6, 6.07) is 15.3. The molecule has 2 aromatic carbocycles. The molecule has 3 aromatic rings. The Kier molecular flexibility index (Phi) is 7.04. The first-order valence-electron chi connectivity index (χ1n) is 10.9. The monoisotopic (exact) mass is 448 g/mol. The van der Waals surface area contributed by atoms with Gasteiger partial charge in [-0.1, -0.05) is 41.6 Å². The van der Waals surface area contributed by atoms with Crippen LogP contribution in [-0.2, 0) is 4.79 Å². The van der Waals surface area contributed by atoms with Gasteiger partial charge >= 0.3 is 0 Å². The first kappa shape index (κ1) is 22.5. The van der Waals surface area contributed by atoms with Crippen LogP contribution in [0.2, 0.25) is 0 Å². The Labute approximate surface area is 193 Å². The summed E-state index contributed by atoms with van der Waals surface area (Å²) in [5, 5.41) is 4.12. The number of carbonyl (C=O) groups is 1. The zero-order valence-corrected chi connectivity index (χ0v) is 19.1. The van der Waals surface area contributed by atoms with Gasteiger partial charge in [-0.3, -0.25) is 9.69 Å². The van der Waals surface area contributed by atoms with Crippen molar-refractivity contribution in [3.05, 3.63) is 66.1 Å². The molecule has 8 nitrogen and oxygen atoms in total. The topological polar surface area (TPSA) is 80.9 Å². The summed E-state index contributed by atoms with van der Waals surface area (Å²) in [4.78, 5) is 21.4. The number of benzene rings is 2. The van der Waals surface area contributed by atoms with Crippen molar-refractivity contribution >= 4 is 12.0 Å². The molecular formula is C25H28N4O4. The minimum Gasteiger partial charge on any atom is -0.493 e. The Morgan fingerprint density at radius 2 is 1.76 bits per heavy atom. The van der Waals surface area contributed by atoms with Gasteiger partial charge in [0.2, 0.25) is 17.6 Å². The van der Waals surface area contributed by atoms with Crippen molar-refractivity contribution in [2.75, 3.05) is 40.4 Å². The normalized spacial score (nSPS) is 15.5. The zero-order valence-electron chi connectivity index (χ0n) is 19.1. The van der Waals surface area contributed by atoms with Crippen LogP contribution >= 0.6 is 0 Å². The molecule has 0 N–H and O–H groups in total. The van der Waals surface area contributed by atoms with E-state index in [1.807, 2.05) is 53.4 Å². The minimum atomic E-state index is -0.0190. The van der Waals surface area contributed by atoms with Crippen molar-refractivity contribution in [2.45, 2.75) is 13.0 Å². The SMILES string of the molecule is COc1ccc(/C=C/C(=O)N2CCN(C(C)c3nc(-c4ccccc4)no3)CC2)cc1OC. The van der Waals surface area contributed by atoms with E-state index in [0.29, 0.717) is 36.3 Å². The standard InChI is InChI=1S/C25H28N4O4/c1-18(25-26-24(27-33-25)20-7-5-4-6-8-20)28-13-15-29(16-14-28)23(30)12-10-19-9-11-21(31-2)22(17-19)32-3/h4-12,17-18H,13-16H2,1-3H3/b12-10+. The molecular weight excluding hydrogens is 420 g/mol. The summed E-state index contributed by atoms with van der Waals surface area (Å²) in [5.41, 5.74) is 1.80. The van der Waals surface area contributed by atoms with Crippen LogP contribution in [0, 0.1) is 0 Å². The molecule has 2 heterocycles. The van der Waals surface area contributed by atoms with Crippen molar-refractivity contribution < 1.29 is 18.8 Å². The van der Waals surface area contributed by atoms with Crippen LogP contribution in [0.25, 0.3) is 17.5 Å². The van der Waals surface area contributed by atoms with Gasteiger partial charge in [-0.2, -0.15) is 4.98 Å². The van der Waals surface area contributed by atoms with Crippen LogP contribution in [0.3, 0.4) is 0 Å².